The molecule has 0 saturated heterocycles. The number of carbonyl (C=O) groups excluding carboxylic acids is 2. The first-order valence-corrected chi connectivity index (χ1v) is 11.0. The highest BCUT2D eigenvalue weighted by atomic mass is 16.3. The number of fused-ring (bicyclic) bond motifs is 2. The minimum absolute atomic E-state index is 0.246. The van der Waals surface area contributed by atoms with Crippen molar-refractivity contribution in [2.45, 2.75) is 19.5 Å². The van der Waals surface area contributed by atoms with Crippen LogP contribution in [0.4, 0.5) is 0 Å². The van der Waals surface area contributed by atoms with Gasteiger partial charge in [0.1, 0.15) is 17.1 Å². The summed E-state index contributed by atoms with van der Waals surface area (Å²) in [5.74, 6) is -1.57. The molecule has 0 aliphatic heterocycles. The van der Waals surface area contributed by atoms with Gasteiger partial charge in [-0.05, 0) is 47.5 Å². The number of benzene rings is 2. The van der Waals surface area contributed by atoms with Gasteiger partial charge in [0.15, 0.2) is 0 Å². The summed E-state index contributed by atoms with van der Waals surface area (Å²) in [6, 6.07) is 15.2. The van der Waals surface area contributed by atoms with Crippen LogP contribution in [0.3, 0.4) is 0 Å². The number of imidazole rings is 1. The van der Waals surface area contributed by atoms with E-state index in [9.17, 15) is 9.59 Å². The van der Waals surface area contributed by atoms with Crippen LogP contribution in [-0.2, 0) is 36.1 Å². The number of hydrogen-bond donors (Lipinski definition) is 2. The molecular formula is C26H24N4O4. The van der Waals surface area contributed by atoms with E-state index in [1.165, 1.54) is 0 Å². The van der Waals surface area contributed by atoms with E-state index in [0.29, 0.717) is 13.1 Å². The molecule has 5 rings (SSSR count). The molecule has 2 N–H and O–H groups in total. The number of carbonyl (C=O) groups is 2. The van der Waals surface area contributed by atoms with E-state index in [4.69, 9.17) is 8.83 Å². The normalized spacial score (nSPS) is 11.4. The molecule has 0 aliphatic rings. The molecule has 0 bridgehead atoms. The third kappa shape index (κ3) is 4.56. The van der Waals surface area contributed by atoms with Gasteiger partial charge in [0.2, 0.25) is 11.8 Å². The minimum atomic E-state index is -0.897. The monoisotopic (exact) mass is 456 g/mol. The van der Waals surface area contributed by atoms with Crippen LogP contribution in [0.5, 0.6) is 0 Å². The lowest BCUT2D eigenvalue weighted by Crippen LogP contribution is -2.42. The second-order valence-corrected chi connectivity index (χ2v) is 8.27. The van der Waals surface area contributed by atoms with Gasteiger partial charge in [-0.1, -0.05) is 12.1 Å². The predicted molar refractivity (Wildman–Crippen MR) is 127 cm³/mol. The first kappa shape index (κ1) is 21.5. The van der Waals surface area contributed by atoms with Crippen molar-refractivity contribution in [3.05, 3.63) is 90.4 Å². The van der Waals surface area contributed by atoms with Crippen molar-refractivity contribution >= 4 is 33.8 Å². The molecule has 2 amide bonds. The second-order valence-electron chi connectivity index (χ2n) is 8.27. The topological polar surface area (TPSA) is 102 Å². The smallest absolute Gasteiger partial charge is 0.233 e. The van der Waals surface area contributed by atoms with Crippen LogP contribution in [0.15, 0.2) is 82.4 Å². The summed E-state index contributed by atoms with van der Waals surface area (Å²) in [4.78, 5) is 30.4. The molecule has 5 aromatic rings. The van der Waals surface area contributed by atoms with Crippen LogP contribution in [0.1, 0.15) is 16.8 Å². The average molecular weight is 457 g/mol. The van der Waals surface area contributed by atoms with Gasteiger partial charge in [0, 0.05) is 49.2 Å². The number of nitrogens with one attached hydrogen (secondary N) is 2. The molecule has 0 unspecified atom stereocenters. The fourth-order valence-corrected chi connectivity index (χ4v) is 3.97. The Hall–Kier alpha value is -4.33. The third-order valence-corrected chi connectivity index (χ3v) is 5.93. The summed E-state index contributed by atoms with van der Waals surface area (Å²) < 4.78 is 12.5. The van der Waals surface area contributed by atoms with Crippen LogP contribution in [-0.4, -0.2) is 21.4 Å². The standard InChI is InChI=1S/C26H24N4O4/c1-30-16-27-15-21(30)12-22(25(31)28-13-17-2-4-23-19(10-17)6-8-33-23)26(32)29-14-18-3-5-24-20(11-18)7-9-34-24/h2-11,15-16,22H,12-14H2,1H3,(H,28,31)(H,29,32). The molecule has 3 aromatic heterocycles. The zero-order chi connectivity index (χ0) is 23.5. The van der Waals surface area contributed by atoms with E-state index in [1.54, 1.807) is 25.1 Å². The Balaban J connectivity index is 1.28. The van der Waals surface area contributed by atoms with E-state index in [-0.39, 0.29) is 18.2 Å². The summed E-state index contributed by atoms with van der Waals surface area (Å²) in [5, 5.41) is 7.76. The average Bonchev–Trinajstić information content (AvgIpc) is 3.59. The molecule has 0 fully saturated rings. The van der Waals surface area contributed by atoms with Crippen LogP contribution < -0.4 is 10.6 Å². The van der Waals surface area contributed by atoms with Gasteiger partial charge in [0.25, 0.3) is 0 Å². The molecule has 0 aliphatic carbocycles. The first-order valence-electron chi connectivity index (χ1n) is 11.0. The van der Waals surface area contributed by atoms with Crippen LogP contribution in [0.2, 0.25) is 0 Å². The molecule has 34 heavy (non-hydrogen) atoms. The Bertz CT molecular complexity index is 1370. The maximum atomic E-state index is 13.1. The first-order chi connectivity index (χ1) is 16.6. The van der Waals surface area contributed by atoms with Gasteiger partial charge in [-0.2, -0.15) is 0 Å². The maximum absolute atomic E-state index is 13.1. The summed E-state index contributed by atoms with van der Waals surface area (Å²) in [7, 11) is 1.84. The number of hydrogen-bond acceptors (Lipinski definition) is 5. The number of aromatic nitrogens is 2. The van der Waals surface area contributed by atoms with E-state index in [1.807, 2.05) is 60.1 Å². The highest BCUT2D eigenvalue weighted by Crippen LogP contribution is 2.18. The number of amides is 2. The summed E-state index contributed by atoms with van der Waals surface area (Å²) in [5.41, 5.74) is 4.23. The molecule has 8 nitrogen and oxygen atoms in total. The van der Waals surface area contributed by atoms with E-state index in [2.05, 4.69) is 15.6 Å². The van der Waals surface area contributed by atoms with Crippen molar-refractivity contribution in [1.82, 2.24) is 20.2 Å². The lowest BCUT2D eigenvalue weighted by Gasteiger charge is -2.17. The molecule has 3 heterocycles. The van der Waals surface area contributed by atoms with Crippen molar-refractivity contribution in [3.8, 4) is 0 Å². The highest BCUT2D eigenvalue weighted by molar-refractivity contribution is 6.00. The lowest BCUT2D eigenvalue weighted by atomic mass is 10.0. The van der Waals surface area contributed by atoms with Crippen molar-refractivity contribution < 1.29 is 18.4 Å². The van der Waals surface area contributed by atoms with Gasteiger partial charge in [0.05, 0.1) is 18.9 Å². The zero-order valence-electron chi connectivity index (χ0n) is 18.7. The molecule has 0 radical (unpaired) electrons. The molecule has 0 spiro atoms. The van der Waals surface area contributed by atoms with Crippen molar-refractivity contribution in [1.29, 1.82) is 0 Å². The summed E-state index contributed by atoms with van der Waals surface area (Å²) >= 11 is 0. The molecule has 172 valence electrons. The minimum Gasteiger partial charge on any atom is -0.464 e. The molecule has 2 aromatic carbocycles. The number of nitrogens with zero attached hydrogens (tertiary/aromatic N) is 2. The Kier molecular flexibility index (Phi) is 5.86. The lowest BCUT2D eigenvalue weighted by molar-refractivity contribution is -0.135. The van der Waals surface area contributed by atoms with Crippen LogP contribution in [0.25, 0.3) is 21.9 Å². The Labute approximate surface area is 195 Å². The van der Waals surface area contributed by atoms with Gasteiger partial charge in [-0.3, -0.25) is 9.59 Å². The maximum Gasteiger partial charge on any atom is 0.233 e. The van der Waals surface area contributed by atoms with Gasteiger partial charge in [-0.15, -0.1) is 0 Å². The highest BCUT2D eigenvalue weighted by Gasteiger charge is 2.28. The van der Waals surface area contributed by atoms with Crippen molar-refractivity contribution in [2.24, 2.45) is 13.0 Å². The van der Waals surface area contributed by atoms with Crippen molar-refractivity contribution in [3.63, 3.8) is 0 Å². The SMILES string of the molecule is Cn1cncc1CC(C(=O)NCc1ccc2occc2c1)C(=O)NCc1ccc2occc2c1. The Morgan fingerprint density at radius 2 is 1.44 bits per heavy atom. The fraction of sp³-hybridized carbons (Fsp3) is 0.192. The molecule has 8 heteroatoms. The van der Waals surface area contributed by atoms with Gasteiger partial charge in [-0.25, -0.2) is 4.98 Å². The van der Waals surface area contributed by atoms with E-state index >= 15 is 0 Å². The zero-order valence-corrected chi connectivity index (χ0v) is 18.7. The number of furan rings is 2. The second kappa shape index (κ2) is 9.27. The Morgan fingerprint density at radius 1 is 0.882 bits per heavy atom. The predicted octanol–water partition coefficient (Wildman–Crippen LogP) is 3.70. The molecule has 0 atom stereocenters. The summed E-state index contributed by atoms with van der Waals surface area (Å²) in [6.45, 7) is 0.624. The van der Waals surface area contributed by atoms with Gasteiger partial charge >= 0.3 is 0 Å². The molecular weight excluding hydrogens is 432 g/mol. The summed E-state index contributed by atoms with van der Waals surface area (Å²) in [6.07, 6.45) is 6.84. The van der Waals surface area contributed by atoms with Crippen LogP contribution >= 0.6 is 0 Å². The molecule has 0 saturated carbocycles. The largest absolute Gasteiger partial charge is 0.464 e. The van der Waals surface area contributed by atoms with Crippen molar-refractivity contribution in [2.75, 3.05) is 0 Å². The van der Waals surface area contributed by atoms with E-state index in [0.717, 1.165) is 38.8 Å². The quantitative estimate of drug-likeness (QED) is 0.347. The number of aryl methyl sites for hydroxylation is 1. The van der Waals surface area contributed by atoms with E-state index < -0.39 is 5.92 Å². The fourth-order valence-electron chi connectivity index (χ4n) is 3.97. The number of rotatable bonds is 8. The van der Waals surface area contributed by atoms with Crippen LogP contribution in [0, 0.1) is 5.92 Å². The third-order valence-electron chi connectivity index (χ3n) is 5.93. The van der Waals surface area contributed by atoms with Gasteiger partial charge < -0.3 is 24.0 Å². The Morgan fingerprint density at radius 3 is 1.94 bits per heavy atom.